The average molecular weight is 365 g/mol. The van der Waals surface area contributed by atoms with Crippen LogP contribution in [0.2, 0.25) is 0 Å². The second kappa shape index (κ2) is 6.04. The number of aromatic nitrogens is 4. The second-order valence-electron chi connectivity index (χ2n) is 6.61. The molecule has 136 valence electrons. The summed E-state index contributed by atoms with van der Waals surface area (Å²) in [6.45, 7) is 0. The van der Waals surface area contributed by atoms with E-state index in [1.165, 1.54) is 10.8 Å². The Labute approximate surface area is 152 Å². The van der Waals surface area contributed by atoms with Crippen LogP contribution < -0.4 is 11.2 Å². The van der Waals surface area contributed by atoms with Gasteiger partial charge in [-0.25, -0.2) is 4.79 Å². The van der Waals surface area contributed by atoms with Gasteiger partial charge in [-0.05, 0) is 18.4 Å². The first-order chi connectivity index (χ1) is 13.2. The summed E-state index contributed by atoms with van der Waals surface area (Å²) in [5, 5.41) is 7.92. The minimum atomic E-state index is -0.545. The molecule has 0 saturated heterocycles. The Balaban J connectivity index is 1.42. The van der Waals surface area contributed by atoms with Gasteiger partial charge in [0.15, 0.2) is 6.10 Å². The molecule has 0 radical (unpaired) electrons. The van der Waals surface area contributed by atoms with Crippen molar-refractivity contribution in [3.63, 3.8) is 0 Å². The highest BCUT2D eigenvalue weighted by Crippen LogP contribution is 2.33. The van der Waals surface area contributed by atoms with Crippen molar-refractivity contribution in [1.29, 1.82) is 0 Å². The molecule has 9 nitrogen and oxygen atoms in total. The van der Waals surface area contributed by atoms with Crippen LogP contribution in [0.4, 0.5) is 0 Å². The van der Waals surface area contributed by atoms with E-state index in [1.807, 2.05) is 30.3 Å². The predicted octanol–water partition coefficient (Wildman–Crippen LogP) is 1.79. The van der Waals surface area contributed by atoms with Crippen molar-refractivity contribution in [2.45, 2.75) is 31.4 Å². The van der Waals surface area contributed by atoms with E-state index in [-0.39, 0.29) is 29.4 Å². The fraction of sp³-hybridized carbons (Fsp3) is 0.278. The van der Waals surface area contributed by atoms with Crippen molar-refractivity contribution in [3.8, 4) is 11.4 Å². The summed E-state index contributed by atoms with van der Waals surface area (Å²) in [6, 6.07) is 9.85. The van der Waals surface area contributed by atoms with Crippen LogP contribution in [-0.4, -0.2) is 25.4 Å². The van der Waals surface area contributed by atoms with E-state index in [0.717, 1.165) is 18.4 Å². The van der Waals surface area contributed by atoms with Gasteiger partial charge in [-0.2, -0.15) is 4.98 Å². The summed E-state index contributed by atoms with van der Waals surface area (Å²) in [5.74, 6) is 0.318. The van der Waals surface area contributed by atoms with E-state index in [9.17, 15) is 9.59 Å². The van der Waals surface area contributed by atoms with E-state index < -0.39 is 11.2 Å². The molecule has 5 rings (SSSR count). The minimum Gasteiger partial charge on any atom is -0.387 e. The highest BCUT2D eigenvalue weighted by Gasteiger charge is 2.29. The van der Waals surface area contributed by atoms with Crippen molar-refractivity contribution >= 4 is 5.71 Å². The lowest BCUT2D eigenvalue weighted by Crippen LogP contribution is -2.30. The van der Waals surface area contributed by atoms with Gasteiger partial charge >= 0.3 is 5.69 Å². The number of hydrogen-bond donors (Lipinski definition) is 1. The van der Waals surface area contributed by atoms with Crippen LogP contribution in [0.1, 0.15) is 42.9 Å². The Hall–Kier alpha value is -3.49. The standard InChI is InChI=1S/C18H15N5O4/c24-16-12(9-23(11-6-7-11)18(25)20-16)15-19-17(27-22-15)13-8-14(26-21-13)10-4-2-1-3-5-10/h1-5,9,11,14H,6-8H2,(H,20,24,25). The summed E-state index contributed by atoms with van der Waals surface area (Å²) in [7, 11) is 0. The molecule has 1 atom stereocenters. The molecular weight excluding hydrogens is 350 g/mol. The number of nitrogens with zero attached hydrogens (tertiary/aromatic N) is 4. The first-order valence-electron chi connectivity index (χ1n) is 8.66. The van der Waals surface area contributed by atoms with Gasteiger partial charge in [0.25, 0.3) is 11.4 Å². The maximum Gasteiger partial charge on any atom is 0.328 e. The van der Waals surface area contributed by atoms with Crippen LogP contribution in [0.5, 0.6) is 0 Å². The van der Waals surface area contributed by atoms with Crippen LogP contribution >= 0.6 is 0 Å². The zero-order chi connectivity index (χ0) is 18.4. The number of hydrogen-bond acceptors (Lipinski definition) is 7. The monoisotopic (exact) mass is 365 g/mol. The Morgan fingerprint density at radius 1 is 1.15 bits per heavy atom. The van der Waals surface area contributed by atoms with Crippen LogP contribution in [0.3, 0.4) is 0 Å². The molecule has 2 aliphatic rings. The number of nitrogens with one attached hydrogen (secondary N) is 1. The first-order valence-corrected chi connectivity index (χ1v) is 8.66. The molecule has 3 heterocycles. The van der Waals surface area contributed by atoms with E-state index in [4.69, 9.17) is 9.36 Å². The number of H-pyrrole nitrogens is 1. The van der Waals surface area contributed by atoms with Gasteiger partial charge in [-0.3, -0.25) is 14.3 Å². The van der Waals surface area contributed by atoms with Crippen molar-refractivity contribution in [3.05, 3.63) is 68.8 Å². The van der Waals surface area contributed by atoms with Gasteiger partial charge in [0, 0.05) is 18.7 Å². The predicted molar refractivity (Wildman–Crippen MR) is 94.3 cm³/mol. The normalized spacial score (nSPS) is 19.0. The molecular formula is C18H15N5O4. The lowest BCUT2D eigenvalue weighted by atomic mass is 10.0. The van der Waals surface area contributed by atoms with Crippen LogP contribution in [0.15, 0.2) is 55.8 Å². The van der Waals surface area contributed by atoms with E-state index in [0.29, 0.717) is 12.1 Å². The highest BCUT2D eigenvalue weighted by molar-refractivity contribution is 5.97. The van der Waals surface area contributed by atoms with Gasteiger partial charge in [0.2, 0.25) is 5.82 Å². The van der Waals surface area contributed by atoms with Gasteiger partial charge in [0.05, 0.1) is 0 Å². The topological polar surface area (TPSA) is 115 Å². The smallest absolute Gasteiger partial charge is 0.328 e. The maximum absolute atomic E-state index is 12.2. The largest absolute Gasteiger partial charge is 0.387 e. The first kappa shape index (κ1) is 15.7. The molecule has 1 fully saturated rings. The molecule has 9 heteroatoms. The average Bonchev–Trinajstić information content (AvgIpc) is 3.19. The number of aromatic amines is 1. The quantitative estimate of drug-likeness (QED) is 0.754. The molecule has 27 heavy (non-hydrogen) atoms. The van der Waals surface area contributed by atoms with Crippen LogP contribution in [0.25, 0.3) is 11.4 Å². The van der Waals surface area contributed by atoms with Crippen LogP contribution in [-0.2, 0) is 4.84 Å². The molecule has 1 aliphatic heterocycles. The number of oxime groups is 1. The Morgan fingerprint density at radius 2 is 1.96 bits per heavy atom. The Morgan fingerprint density at radius 3 is 2.74 bits per heavy atom. The van der Waals surface area contributed by atoms with Crippen molar-refractivity contribution in [2.24, 2.45) is 5.16 Å². The van der Waals surface area contributed by atoms with Crippen molar-refractivity contribution in [2.75, 3.05) is 0 Å². The molecule has 2 aromatic heterocycles. The number of rotatable bonds is 4. The molecule has 1 N–H and O–H groups in total. The molecule has 0 bridgehead atoms. The van der Waals surface area contributed by atoms with E-state index >= 15 is 0 Å². The lowest BCUT2D eigenvalue weighted by Gasteiger charge is -2.06. The molecule has 0 amide bonds. The van der Waals surface area contributed by atoms with Crippen molar-refractivity contribution < 1.29 is 9.36 Å². The molecule has 1 aromatic carbocycles. The van der Waals surface area contributed by atoms with Crippen molar-refractivity contribution in [1.82, 2.24) is 19.7 Å². The zero-order valence-electron chi connectivity index (χ0n) is 14.2. The number of benzene rings is 1. The summed E-state index contributed by atoms with van der Waals surface area (Å²) < 4.78 is 6.78. The fourth-order valence-electron chi connectivity index (χ4n) is 3.07. The Kier molecular flexibility index (Phi) is 3.52. The van der Waals surface area contributed by atoms with Gasteiger partial charge < -0.3 is 9.36 Å². The van der Waals surface area contributed by atoms with E-state index in [2.05, 4.69) is 20.3 Å². The second-order valence-corrected chi connectivity index (χ2v) is 6.61. The molecule has 0 spiro atoms. The minimum absolute atomic E-state index is 0.117. The summed E-state index contributed by atoms with van der Waals surface area (Å²) in [5.41, 5.74) is 0.749. The maximum atomic E-state index is 12.2. The lowest BCUT2D eigenvalue weighted by molar-refractivity contribution is 0.0857. The van der Waals surface area contributed by atoms with Crippen LogP contribution in [0, 0.1) is 0 Å². The van der Waals surface area contributed by atoms with Gasteiger partial charge in [0.1, 0.15) is 11.3 Å². The molecule has 1 aliphatic carbocycles. The summed E-state index contributed by atoms with van der Waals surface area (Å²) in [6.07, 6.45) is 3.60. The molecule has 1 unspecified atom stereocenters. The molecule has 1 saturated carbocycles. The Bertz CT molecular complexity index is 1140. The fourth-order valence-corrected chi connectivity index (χ4v) is 3.07. The third-order valence-corrected chi connectivity index (χ3v) is 4.66. The van der Waals surface area contributed by atoms with Gasteiger partial charge in [-0.15, -0.1) is 0 Å². The van der Waals surface area contributed by atoms with E-state index in [1.54, 1.807) is 0 Å². The SMILES string of the molecule is O=c1[nH]c(=O)n(C2CC2)cc1-c1noc(C2=NOC(c3ccccc3)C2)n1. The summed E-state index contributed by atoms with van der Waals surface area (Å²) in [4.78, 5) is 36.1. The zero-order valence-corrected chi connectivity index (χ0v) is 14.2. The third-order valence-electron chi connectivity index (χ3n) is 4.66. The molecule has 3 aromatic rings. The van der Waals surface area contributed by atoms with Gasteiger partial charge in [-0.1, -0.05) is 40.6 Å². The summed E-state index contributed by atoms with van der Waals surface area (Å²) >= 11 is 0. The highest BCUT2D eigenvalue weighted by atomic mass is 16.6. The third kappa shape index (κ3) is 2.86.